The van der Waals surface area contributed by atoms with Crippen molar-refractivity contribution < 1.29 is 35.5 Å². The Morgan fingerprint density at radius 1 is 0.947 bits per heavy atom. The number of halogens is 6. The van der Waals surface area contributed by atoms with Crippen molar-refractivity contribution in [1.29, 1.82) is 0 Å². The maximum Gasteiger partial charge on any atom is 0.469 e. The highest BCUT2D eigenvalue weighted by Gasteiger charge is 2.46. The first-order valence-electron chi connectivity index (χ1n) is 5.17. The predicted octanol–water partition coefficient (Wildman–Crippen LogP) is 2.55. The number of nitrogens with zero attached hydrogens (tertiary/aromatic N) is 2. The highest BCUT2D eigenvalue weighted by molar-refractivity contribution is 5.43. The molecule has 0 N–H and O–H groups in total. The highest BCUT2D eigenvalue weighted by atomic mass is 19.4. The molecule has 0 amide bonds. The van der Waals surface area contributed by atoms with E-state index in [1.165, 1.54) is 0 Å². The summed E-state index contributed by atoms with van der Waals surface area (Å²) in [4.78, 5) is 3.57. The van der Waals surface area contributed by atoms with Gasteiger partial charge in [0.2, 0.25) is 11.6 Å². The predicted molar refractivity (Wildman–Crippen MR) is 49.5 cm³/mol. The summed E-state index contributed by atoms with van der Waals surface area (Å²) in [5.41, 5.74) is -1.67. The van der Waals surface area contributed by atoms with Crippen LogP contribution in [0, 0.1) is 0 Å². The van der Waals surface area contributed by atoms with Gasteiger partial charge < -0.3 is 14.1 Å². The summed E-state index contributed by atoms with van der Waals surface area (Å²) in [6, 6.07) is 0. The minimum absolute atomic E-state index is 0.00949. The Kier molecular flexibility index (Phi) is 3.37. The molecule has 10 heteroatoms. The molecule has 19 heavy (non-hydrogen) atoms. The molecule has 2 heterocycles. The number of alkyl halides is 6. The number of oxazole rings is 1. The molecule has 1 aliphatic rings. The molecule has 1 aromatic heterocycles. The van der Waals surface area contributed by atoms with Gasteiger partial charge in [0.1, 0.15) is 0 Å². The van der Waals surface area contributed by atoms with Crippen LogP contribution in [0.1, 0.15) is 11.6 Å². The zero-order chi connectivity index (χ0) is 14.3. The molecule has 1 fully saturated rings. The lowest BCUT2D eigenvalue weighted by Crippen LogP contribution is -2.37. The molecule has 1 saturated heterocycles. The number of hydrogen-bond acceptors (Lipinski definition) is 4. The summed E-state index contributed by atoms with van der Waals surface area (Å²) in [6.07, 6.45) is -10.1. The molecule has 0 unspecified atom stereocenters. The minimum Gasteiger partial charge on any atom is -0.416 e. The van der Waals surface area contributed by atoms with Crippen LogP contribution in [0.15, 0.2) is 4.42 Å². The minimum atomic E-state index is -5.06. The SMILES string of the molecule is FC(F)(F)c1nc(C(F)(F)F)c(N2CCOCC2)o1. The highest BCUT2D eigenvalue weighted by Crippen LogP contribution is 2.40. The van der Waals surface area contributed by atoms with E-state index in [9.17, 15) is 26.3 Å². The third kappa shape index (κ3) is 2.94. The van der Waals surface area contributed by atoms with E-state index in [1.54, 1.807) is 0 Å². The fraction of sp³-hybridized carbons (Fsp3) is 0.667. The van der Waals surface area contributed by atoms with Crippen molar-refractivity contribution in [3.63, 3.8) is 0 Å². The Hall–Kier alpha value is -1.45. The lowest BCUT2D eigenvalue weighted by molar-refractivity contribution is -0.158. The van der Waals surface area contributed by atoms with Gasteiger partial charge in [-0.05, 0) is 0 Å². The second-order valence-corrected chi connectivity index (χ2v) is 3.77. The van der Waals surface area contributed by atoms with Gasteiger partial charge in [-0.25, -0.2) is 0 Å². The Labute approximate surface area is 102 Å². The van der Waals surface area contributed by atoms with Gasteiger partial charge in [-0.15, -0.1) is 0 Å². The van der Waals surface area contributed by atoms with Gasteiger partial charge in [0.05, 0.1) is 13.2 Å². The smallest absolute Gasteiger partial charge is 0.416 e. The number of aromatic nitrogens is 1. The summed E-state index contributed by atoms with van der Waals surface area (Å²) in [5, 5.41) is 0. The van der Waals surface area contributed by atoms with Crippen molar-refractivity contribution in [1.82, 2.24) is 4.98 Å². The zero-order valence-electron chi connectivity index (χ0n) is 9.31. The topological polar surface area (TPSA) is 38.5 Å². The van der Waals surface area contributed by atoms with Gasteiger partial charge in [0.15, 0.2) is 0 Å². The maximum absolute atomic E-state index is 12.7. The molecular weight excluding hydrogens is 282 g/mol. The second-order valence-electron chi connectivity index (χ2n) is 3.77. The summed E-state index contributed by atoms with van der Waals surface area (Å²) in [5.74, 6) is -2.82. The molecule has 1 aliphatic heterocycles. The van der Waals surface area contributed by atoms with Crippen LogP contribution >= 0.6 is 0 Å². The van der Waals surface area contributed by atoms with Gasteiger partial charge in [-0.1, -0.05) is 0 Å². The van der Waals surface area contributed by atoms with E-state index >= 15 is 0 Å². The van der Waals surface area contributed by atoms with Gasteiger partial charge >= 0.3 is 18.2 Å². The lowest BCUT2D eigenvalue weighted by atomic mass is 10.3. The van der Waals surface area contributed by atoms with E-state index < -0.39 is 29.8 Å². The molecule has 2 rings (SSSR count). The summed E-state index contributed by atoms with van der Waals surface area (Å²) in [6.45, 7) is 0.240. The molecule has 108 valence electrons. The van der Waals surface area contributed by atoms with Crippen LogP contribution in [0.2, 0.25) is 0 Å². The summed E-state index contributed by atoms with van der Waals surface area (Å²) in [7, 11) is 0. The van der Waals surface area contributed by atoms with Crippen molar-refractivity contribution in [2.45, 2.75) is 12.4 Å². The van der Waals surface area contributed by atoms with Crippen LogP contribution in [0.25, 0.3) is 0 Å². The molecule has 0 saturated carbocycles. The molecule has 4 nitrogen and oxygen atoms in total. The standard InChI is InChI=1S/C9H8F6N2O2/c10-8(11,12)5-6(17-1-3-18-4-2-17)19-7(16-5)9(13,14)15/h1-4H2. The Morgan fingerprint density at radius 2 is 1.53 bits per heavy atom. The van der Waals surface area contributed by atoms with Gasteiger partial charge in [-0.2, -0.15) is 31.3 Å². The first kappa shape index (κ1) is 14.0. The first-order valence-corrected chi connectivity index (χ1v) is 5.17. The molecular formula is C9H8F6N2O2. The van der Waals surface area contributed by atoms with Crippen molar-refractivity contribution in [2.75, 3.05) is 31.2 Å². The summed E-state index contributed by atoms with van der Waals surface area (Å²) >= 11 is 0. The largest absolute Gasteiger partial charge is 0.469 e. The lowest BCUT2D eigenvalue weighted by Gasteiger charge is -2.26. The van der Waals surface area contributed by atoms with E-state index in [4.69, 9.17) is 4.74 Å². The molecule has 1 aromatic rings. The Balaban J connectivity index is 2.42. The maximum atomic E-state index is 12.7. The Morgan fingerprint density at radius 3 is 2.00 bits per heavy atom. The van der Waals surface area contributed by atoms with E-state index in [-0.39, 0.29) is 26.3 Å². The van der Waals surface area contributed by atoms with E-state index in [0.29, 0.717) is 0 Å². The zero-order valence-corrected chi connectivity index (χ0v) is 9.31. The molecule has 0 aliphatic carbocycles. The number of morpholine rings is 1. The normalized spacial score (nSPS) is 17.9. The fourth-order valence-corrected chi connectivity index (χ4v) is 1.60. The van der Waals surface area contributed by atoms with Crippen LogP contribution in [-0.4, -0.2) is 31.3 Å². The third-order valence-electron chi connectivity index (χ3n) is 2.42. The average Bonchev–Trinajstić information content (AvgIpc) is 2.74. The first-order chi connectivity index (χ1) is 8.69. The molecule has 0 atom stereocenters. The molecule has 0 aromatic carbocycles. The quantitative estimate of drug-likeness (QED) is 0.745. The van der Waals surface area contributed by atoms with Crippen LogP contribution < -0.4 is 4.90 Å². The van der Waals surface area contributed by atoms with Gasteiger partial charge in [-0.3, -0.25) is 0 Å². The second kappa shape index (κ2) is 4.58. The van der Waals surface area contributed by atoms with Crippen molar-refractivity contribution >= 4 is 5.88 Å². The summed E-state index contributed by atoms with van der Waals surface area (Å²) < 4.78 is 84.3. The fourth-order valence-electron chi connectivity index (χ4n) is 1.60. The van der Waals surface area contributed by atoms with Crippen LogP contribution in [0.5, 0.6) is 0 Å². The van der Waals surface area contributed by atoms with Crippen molar-refractivity contribution in [3.05, 3.63) is 11.6 Å². The van der Waals surface area contributed by atoms with Crippen molar-refractivity contribution in [2.24, 2.45) is 0 Å². The third-order valence-corrected chi connectivity index (χ3v) is 2.42. The van der Waals surface area contributed by atoms with Crippen LogP contribution in [0.4, 0.5) is 32.2 Å². The number of ether oxygens (including phenoxy) is 1. The number of hydrogen-bond donors (Lipinski definition) is 0. The van der Waals surface area contributed by atoms with E-state index in [2.05, 4.69) is 9.40 Å². The molecule has 0 bridgehead atoms. The Bertz CT molecular complexity index is 447. The van der Waals surface area contributed by atoms with Gasteiger partial charge in [0.25, 0.3) is 0 Å². The van der Waals surface area contributed by atoms with Crippen LogP contribution in [-0.2, 0) is 17.1 Å². The number of anilines is 1. The number of rotatable bonds is 1. The van der Waals surface area contributed by atoms with E-state index in [0.717, 1.165) is 4.90 Å². The van der Waals surface area contributed by atoms with Gasteiger partial charge in [0, 0.05) is 13.1 Å². The van der Waals surface area contributed by atoms with Crippen LogP contribution in [0.3, 0.4) is 0 Å². The van der Waals surface area contributed by atoms with E-state index in [1.807, 2.05) is 0 Å². The van der Waals surface area contributed by atoms with Crippen molar-refractivity contribution in [3.8, 4) is 0 Å². The molecule has 0 radical (unpaired) electrons. The monoisotopic (exact) mass is 290 g/mol. The average molecular weight is 290 g/mol. The molecule has 0 spiro atoms.